The molecular weight excluding hydrogens is 923 g/mol. The first-order chi connectivity index (χ1) is 37.0. The fraction of sp³-hybridized carbons (Fsp3) is 0.884. The van der Waals surface area contributed by atoms with Crippen molar-refractivity contribution in [2.45, 2.75) is 379 Å². The first kappa shape index (κ1) is 73.1. The smallest absolute Gasteiger partial charge is 0.305 e. The van der Waals surface area contributed by atoms with Gasteiger partial charge in [-0.15, -0.1) is 0 Å². The summed E-state index contributed by atoms with van der Waals surface area (Å²) in [5, 5.41) is 23.1. The molecule has 2 atom stereocenters. The molecule has 0 aromatic carbocycles. The average Bonchev–Trinajstić information content (AvgIpc) is 3.41. The molecule has 0 fully saturated rings. The van der Waals surface area contributed by atoms with Gasteiger partial charge in [0.05, 0.1) is 25.4 Å². The number of unbranched alkanes of at least 4 members (excludes halogenated alkanes) is 48. The molecule has 0 bridgehead atoms. The highest BCUT2D eigenvalue weighted by atomic mass is 16.5. The van der Waals surface area contributed by atoms with Crippen LogP contribution in [0.5, 0.6) is 0 Å². The number of hydrogen-bond donors (Lipinski definition) is 3. The molecule has 0 aliphatic rings. The van der Waals surface area contributed by atoms with Crippen molar-refractivity contribution in [2.75, 3.05) is 13.2 Å². The third-order valence-electron chi connectivity index (χ3n) is 15.6. The van der Waals surface area contributed by atoms with Crippen LogP contribution in [0.15, 0.2) is 36.5 Å². The van der Waals surface area contributed by atoms with Gasteiger partial charge in [-0.1, -0.05) is 307 Å². The third-order valence-corrected chi connectivity index (χ3v) is 15.6. The Morgan fingerprint density at radius 2 is 0.627 bits per heavy atom. The van der Waals surface area contributed by atoms with Gasteiger partial charge >= 0.3 is 5.97 Å². The molecule has 0 saturated heterocycles. The molecule has 0 heterocycles. The van der Waals surface area contributed by atoms with Gasteiger partial charge in [-0.05, 0) is 83.5 Å². The van der Waals surface area contributed by atoms with Crippen molar-refractivity contribution >= 4 is 11.9 Å². The molecule has 6 nitrogen and oxygen atoms in total. The number of allylic oxidation sites excluding steroid dienone is 5. The number of carbonyl (C=O) groups is 2. The van der Waals surface area contributed by atoms with Crippen LogP contribution in [0.3, 0.4) is 0 Å². The molecule has 1 amide bonds. The Morgan fingerprint density at radius 1 is 0.360 bits per heavy atom. The zero-order valence-electron chi connectivity index (χ0n) is 50.5. The van der Waals surface area contributed by atoms with Gasteiger partial charge in [-0.25, -0.2) is 0 Å². The molecule has 6 heteroatoms. The van der Waals surface area contributed by atoms with E-state index in [4.69, 9.17) is 4.74 Å². The van der Waals surface area contributed by atoms with Crippen LogP contribution < -0.4 is 5.32 Å². The van der Waals surface area contributed by atoms with E-state index in [0.29, 0.717) is 19.4 Å². The predicted octanol–water partition coefficient (Wildman–Crippen LogP) is 21.5. The number of hydrogen-bond acceptors (Lipinski definition) is 5. The molecule has 0 aliphatic carbocycles. The molecule has 0 saturated carbocycles. The molecule has 0 aromatic rings. The Bertz CT molecular complexity index is 1210. The minimum Gasteiger partial charge on any atom is -0.466 e. The summed E-state index contributed by atoms with van der Waals surface area (Å²) in [5.74, 6) is -0.0570. The highest BCUT2D eigenvalue weighted by Crippen LogP contribution is 2.17. The number of esters is 1. The average molecular weight is 1050 g/mol. The second kappa shape index (κ2) is 64.6. The summed E-state index contributed by atoms with van der Waals surface area (Å²) in [4.78, 5) is 24.6. The highest BCUT2D eigenvalue weighted by Gasteiger charge is 2.18. The van der Waals surface area contributed by atoms with E-state index in [9.17, 15) is 19.8 Å². The predicted molar refractivity (Wildman–Crippen MR) is 329 cm³/mol. The monoisotopic (exact) mass is 1050 g/mol. The van der Waals surface area contributed by atoms with Crippen LogP contribution in [0.4, 0.5) is 0 Å². The second-order valence-corrected chi connectivity index (χ2v) is 23.1. The van der Waals surface area contributed by atoms with Gasteiger partial charge in [0.2, 0.25) is 5.91 Å². The number of aliphatic hydroxyl groups is 2. The van der Waals surface area contributed by atoms with Crippen molar-refractivity contribution in [2.24, 2.45) is 0 Å². The molecule has 442 valence electrons. The van der Waals surface area contributed by atoms with E-state index in [0.717, 1.165) is 44.9 Å². The van der Waals surface area contributed by atoms with Crippen LogP contribution in [-0.2, 0) is 14.3 Å². The lowest BCUT2D eigenvalue weighted by atomic mass is 10.0. The van der Waals surface area contributed by atoms with Crippen molar-refractivity contribution < 1.29 is 24.5 Å². The van der Waals surface area contributed by atoms with Crippen LogP contribution in [0.2, 0.25) is 0 Å². The Balaban J connectivity index is 3.39. The summed E-state index contributed by atoms with van der Waals surface area (Å²) >= 11 is 0. The van der Waals surface area contributed by atoms with Crippen LogP contribution in [0.1, 0.15) is 367 Å². The van der Waals surface area contributed by atoms with Gasteiger partial charge in [0.25, 0.3) is 0 Å². The first-order valence-electron chi connectivity index (χ1n) is 33.8. The van der Waals surface area contributed by atoms with Gasteiger partial charge in [0.15, 0.2) is 0 Å². The molecule has 75 heavy (non-hydrogen) atoms. The SMILES string of the molecule is CCCCCCCC/C=C\CCCCCCCCCCCC(=O)OCCCCCCCCCCCCCC/C=C\CCCCCCCCCCCC(=O)NC(CO)C(O)/C=C/CCCCCCCCCCCCCC. The molecule has 2 unspecified atom stereocenters. The summed E-state index contributed by atoms with van der Waals surface area (Å²) in [5.41, 5.74) is 0. The van der Waals surface area contributed by atoms with Crippen LogP contribution >= 0.6 is 0 Å². The Hall–Kier alpha value is -1.92. The van der Waals surface area contributed by atoms with Crippen LogP contribution in [-0.4, -0.2) is 47.4 Å². The number of carbonyl (C=O) groups excluding carboxylic acids is 2. The summed E-state index contributed by atoms with van der Waals surface area (Å²) < 4.78 is 5.50. The Kier molecular flexibility index (Phi) is 63.0. The molecule has 0 aliphatic heterocycles. The largest absolute Gasteiger partial charge is 0.466 e. The number of nitrogens with one attached hydrogen (secondary N) is 1. The number of ether oxygens (including phenoxy) is 1. The van der Waals surface area contributed by atoms with E-state index in [1.54, 1.807) is 6.08 Å². The first-order valence-corrected chi connectivity index (χ1v) is 33.8. The fourth-order valence-corrected chi connectivity index (χ4v) is 10.4. The maximum Gasteiger partial charge on any atom is 0.305 e. The standard InChI is InChI=1S/C69H131NO5/c1-3-5-7-9-11-13-15-17-19-20-28-32-35-39-43-47-51-55-59-63-69(74)75-64-60-56-52-48-44-40-36-33-30-27-25-23-21-22-24-26-29-31-34-38-42-46-50-54-58-62-68(73)70-66(65-71)67(72)61-57-53-49-45-41-37-18-16-14-12-10-8-6-4-2/h17,19,22,24,57,61,66-67,71-72H,3-16,18,20-21,23,25-56,58-60,62-65H2,1-2H3,(H,70,73)/b19-17-,24-22-,61-57+. The topological polar surface area (TPSA) is 95.9 Å². The zero-order chi connectivity index (χ0) is 54.3. The summed E-state index contributed by atoms with van der Waals surface area (Å²) in [7, 11) is 0. The minimum absolute atomic E-state index is 0.0129. The fourth-order valence-electron chi connectivity index (χ4n) is 10.4. The van der Waals surface area contributed by atoms with E-state index in [1.165, 1.54) is 295 Å². The van der Waals surface area contributed by atoms with Crippen molar-refractivity contribution in [1.82, 2.24) is 5.32 Å². The highest BCUT2D eigenvalue weighted by molar-refractivity contribution is 5.76. The zero-order valence-corrected chi connectivity index (χ0v) is 50.5. The normalized spacial score (nSPS) is 12.7. The Morgan fingerprint density at radius 3 is 0.947 bits per heavy atom. The van der Waals surface area contributed by atoms with E-state index >= 15 is 0 Å². The maximum atomic E-state index is 12.5. The van der Waals surface area contributed by atoms with E-state index in [-0.39, 0.29) is 18.5 Å². The van der Waals surface area contributed by atoms with E-state index in [2.05, 4.69) is 43.5 Å². The van der Waals surface area contributed by atoms with Gasteiger partial charge < -0.3 is 20.3 Å². The molecule has 0 spiro atoms. The summed E-state index contributed by atoms with van der Waals surface area (Å²) in [6.07, 6.45) is 82.1. The lowest BCUT2D eigenvalue weighted by Gasteiger charge is -2.20. The quantitative estimate of drug-likeness (QED) is 0.0320. The number of aliphatic hydroxyl groups excluding tert-OH is 2. The van der Waals surface area contributed by atoms with Crippen molar-refractivity contribution in [3.05, 3.63) is 36.5 Å². The molecule has 0 rings (SSSR count). The molecule has 0 radical (unpaired) electrons. The van der Waals surface area contributed by atoms with Crippen molar-refractivity contribution in [3.8, 4) is 0 Å². The molecule has 0 aromatic heterocycles. The van der Waals surface area contributed by atoms with Crippen molar-refractivity contribution in [3.63, 3.8) is 0 Å². The number of amides is 1. The summed E-state index contributed by atoms with van der Waals surface area (Å²) in [6, 6.07) is -0.630. The molecular formula is C69H131NO5. The second-order valence-electron chi connectivity index (χ2n) is 23.1. The van der Waals surface area contributed by atoms with E-state index in [1.807, 2.05) is 6.08 Å². The third kappa shape index (κ3) is 61.2. The van der Waals surface area contributed by atoms with Crippen LogP contribution in [0, 0.1) is 0 Å². The summed E-state index contributed by atoms with van der Waals surface area (Å²) in [6.45, 7) is 4.92. The number of rotatable bonds is 63. The van der Waals surface area contributed by atoms with Gasteiger partial charge in [-0.3, -0.25) is 9.59 Å². The van der Waals surface area contributed by atoms with Gasteiger partial charge in [0.1, 0.15) is 0 Å². The Labute approximate surface area is 468 Å². The van der Waals surface area contributed by atoms with Gasteiger partial charge in [0, 0.05) is 12.8 Å². The minimum atomic E-state index is -0.846. The lowest BCUT2D eigenvalue weighted by Crippen LogP contribution is -2.45. The van der Waals surface area contributed by atoms with Crippen molar-refractivity contribution in [1.29, 1.82) is 0 Å². The lowest BCUT2D eigenvalue weighted by molar-refractivity contribution is -0.143. The van der Waals surface area contributed by atoms with E-state index < -0.39 is 12.1 Å². The molecule has 3 N–H and O–H groups in total. The van der Waals surface area contributed by atoms with Gasteiger partial charge in [-0.2, -0.15) is 0 Å². The maximum absolute atomic E-state index is 12.5. The van der Waals surface area contributed by atoms with Crippen LogP contribution in [0.25, 0.3) is 0 Å².